The number of hydrogen-bond donors (Lipinski definition) is 1. The molecule has 0 bridgehead atoms. The zero-order chi connectivity index (χ0) is 27.6. The van der Waals surface area contributed by atoms with E-state index in [2.05, 4.69) is 28.2 Å². The van der Waals surface area contributed by atoms with Gasteiger partial charge >= 0.3 is 12.0 Å². The van der Waals surface area contributed by atoms with E-state index in [1.54, 1.807) is 0 Å². The molecule has 39 heavy (non-hydrogen) atoms. The minimum Gasteiger partial charge on any atom is -0.492 e. The quantitative estimate of drug-likeness (QED) is 0.367. The minimum atomic E-state index is -3.03. The lowest BCUT2D eigenvalue weighted by Crippen LogP contribution is -2.10. The molecule has 2 aliphatic rings. The topological polar surface area (TPSA) is 125 Å². The lowest BCUT2D eigenvalue weighted by molar-refractivity contribution is -0.137. The van der Waals surface area contributed by atoms with E-state index in [0.717, 1.165) is 52.9 Å². The summed E-state index contributed by atoms with van der Waals surface area (Å²) in [5.41, 5.74) is 7.02. The van der Waals surface area contributed by atoms with Crippen LogP contribution in [0.1, 0.15) is 53.3 Å². The molecule has 0 radical (unpaired) electrons. The second kappa shape index (κ2) is 11.2. The van der Waals surface area contributed by atoms with E-state index in [1.807, 2.05) is 25.1 Å². The zero-order valence-corrected chi connectivity index (χ0v) is 22.9. The molecule has 1 aliphatic heterocycles. The van der Waals surface area contributed by atoms with Crippen LogP contribution >= 0.6 is 0 Å². The van der Waals surface area contributed by atoms with Gasteiger partial charge in [0.2, 0.25) is 0 Å². The molecule has 1 atom stereocenters. The SMILES string of the molecule is Cc1nc(OCCCS(C)(=O)=O)nc2c1-c1cc(COc3ccc4c(c3)OC[C@H]4CC(=O)O)ccc1CCC2. The van der Waals surface area contributed by atoms with Crippen molar-refractivity contribution in [2.45, 2.75) is 51.6 Å². The summed E-state index contributed by atoms with van der Waals surface area (Å²) >= 11 is 0. The van der Waals surface area contributed by atoms with Crippen molar-refractivity contribution in [3.63, 3.8) is 0 Å². The molecule has 0 saturated heterocycles. The summed E-state index contributed by atoms with van der Waals surface area (Å²) in [5.74, 6) is 0.434. The number of benzene rings is 2. The van der Waals surface area contributed by atoms with Crippen LogP contribution in [0.25, 0.3) is 11.1 Å². The predicted octanol–water partition coefficient (Wildman–Crippen LogP) is 4.28. The summed E-state index contributed by atoms with van der Waals surface area (Å²) in [4.78, 5) is 20.4. The van der Waals surface area contributed by atoms with Crippen molar-refractivity contribution >= 4 is 15.8 Å². The van der Waals surface area contributed by atoms with Crippen molar-refractivity contribution in [3.8, 4) is 28.6 Å². The van der Waals surface area contributed by atoms with Gasteiger partial charge in [-0.25, -0.2) is 8.42 Å². The van der Waals surface area contributed by atoms with Crippen LogP contribution in [0.4, 0.5) is 0 Å². The maximum absolute atomic E-state index is 11.4. The van der Waals surface area contributed by atoms with E-state index < -0.39 is 15.8 Å². The van der Waals surface area contributed by atoms with Gasteiger partial charge < -0.3 is 19.3 Å². The molecule has 2 heterocycles. The largest absolute Gasteiger partial charge is 0.492 e. The molecule has 1 aliphatic carbocycles. The molecule has 2 aromatic carbocycles. The van der Waals surface area contributed by atoms with Gasteiger partial charge in [0.25, 0.3) is 0 Å². The van der Waals surface area contributed by atoms with Crippen LogP contribution in [0.3, 0.4) is 0 Å². The van der Waals surface area contributed by atoms with Crippen LogP contribution in [0.15, 0.2) is 36.4 Å². The van der Waals surface area contributed by atoms with Crippen molar-refractivity contribution in [2.75, 3.05) is 25.2 Å². The fraction of sp³-hybridized carbons (Fsp3) is 0.414. The number of rotatable bonds is 10. The van der Waals surface area contributed by atoms with E-state index in [1.165, 1.54) is 11.8 Å². The van der Waals surface area contributed by atoms with Crippen LogP contribution in [-0.2, 0) is 34.1 Å². The first-order chi connectivity index (χ1) is 18.7. The van der Waals surface area contributed by atoms with Crippen LogP contribution in [0.5, 0.6) is 17.5 Å². The Kier molecular flexibility index (Phi) is 7.74. The van der Waals surface area contributed by atoms with Crippen LogP contribution < -0.4 is 14.2 Å². The van der Waals surface area contributed by atoms with Gasteiger partial charge in [-0.15, -0.1) is 0 Å². The third kappa shape index (κ3) is 6.50. The van der Waals surface area contributed by atoms with Gasteiger partial charge in [-0.05, 0) is 61.4 Å². The Labute approximate surface area is 228 Å². The Bertz CT molecular complexity index is 1500. The number of sulfone groups is 1. The first-order valence-corrected chi connectivity index (χ1v) is 15.1. The highest BCUT2D eigenvalue weighted by Gasteiger charge is 2.27. The van der Waals surface area contributed by atoms with Gasteiger partial charge in [0.1, 0.15) is 27.9 Å². The molecule has 3 aromatic rings. The number of aliphatic carboxylic acids is 1. The molecule has 0 spiro atoms. The van der Waals surface area contributed by atoms with Crippen LogP contribution in [0, 0.1) is 6.92 Å². The summed E-state index contributed by atoms with van der Waals surface area (Å²) in [6, 6.07) is 12.2. The summed E-state index contributed by atoms with van der Waals surface area (Å²) in [6.45, 7) is 2.92. The smallest absolute Gasteiger partial charge is 0.316 e. The molecule has 0 fully saturated rings. The maximum atomic E-state index is 11.4. The van der Waals surface area contributed by atoms with Crippen molar-refractivity contribution in [1.29, 1.82) is 0 Å². The van der Waals surface area contributed by atoms with E-state index >= 15 is 0 Å². The Morgan fingerprint density at radius 2 is 1.97 bits per heavy atom. The van der Waals surface area contributed by atoms with E-state index in [4.69, 9.17) is 19.3 Å². The molecular weight excluding hydrogens is 520 g/mol. The number of nitrogens with zero attached hydrogens (tertiary/aromatic N) is 2. The average Bonchev–Trinajstić information content (AvgIpc) is 3.16. The fourth-order valence-electron chi connectivity index (χ4n) is 5.19. The second-order valence-electron chi connectivity index (χ2n) is 10.2. The monoisotopic (exact) mass is 552 g/mol. The number of carboxylic acid groups (broad SMARTS) is 1. The third-order valence-electron chi connectivity index (χ3n) is 7.03. The van der Waals surface area contributed by atoms with Gasteiger partial charge in [0, 0.05) is 29.4 Å². The van der Waals surface area contributed by atoms with Gasteiger partial charge in [0.05, 0.1) is 36.8 Å². The fourth-order valence-corrected chi connectivity index (χ4v) is 5.83. The number of fused-ring (bicyclic) bond motifs is 4. The Hall–Kier alpha value is -3.66. The molecule has 0 amide bonds. The normalized spacial score (nSPS) is 15.9. The number of aromatic nitrogens is 2. The first kappa shape index (κ1) is 26.9. The Balaban J connectivity index is 1.31. The van der Waals surface area contributed by atoms with Crippen LogP contribution in [-0.4, -0.2) is 54.7 Å². The van der Waals surface area contributed by atoms with Gasteiger partial charge in [-0.1, -0.05) is 18.2 Å². The molecular formula is C29H32N2O7S. The molecule has 0 saturated carbocycles. The zero-order valence-electron chi connectivity index (χ0n) is 22.1. The van der Waals surface area contributed by atoms with E-state index in [-0.39, 0.29) is 30.7 Å². The highest BCUT2D eigenvalue weighted by atomic mass is 32.2. The van der Waals surface area contributed by atoms with Crippen LogP contribution in [0.2, 0.25) is 0 Å². The summed E-state index contributed by atoms with van der Waals surface area (Å²) in [5, 5.41) is 9.11. The number of hydrogen-bond acceptors (Lipinski definition) is 8. The molecule has 10 heteroatoms. The third-order valence-corrected chi connectivity index (χ3v) is 8.06. The summed E-state index contributed by atoms with van der Waals surface area (Å²) in [6.07, 6.45) is 4.34. The summed E-state index contributed by atoms with van der Waals surface area (Å²) < 4.78 is 40.2. The highest BCUT2D eigenvalue weighted by Crippen LogP contribution is 2.39. The standard InChI is InChI=1S/C29H32N2O7S/c1-18-28-24-13-19(16-37-22-9-10-23-21(14-27(32)33)17-38-26(23)15-22)7-8-20(24)5-3-6-25(28)31-29(30-18)36-11-4-12-39(2,34)35/h7-10,13,15,21H,3-6,11-12,14,16-17H2,1-2H3,(H,32,33)/t21-/m1/s1. The van der Waals surface area contributed by atoms with E-state index in [0.29, 0.717) is 31.1 Å². The number of carbonyl (C=O) groups is 1. The second-order valence-corrected chi connectivity index (χ2v) is 12.4. The predicted molar refractivity (Wildman–Crippen MR) is 145 cm³/mol. The molecule has 0 unspecified atom stereocenters. The molecule has 1 N–H and O–H groups in total. The Morgan fingerprint density at radius 1 is 1.13 bits per heavy atom. The number of carboxylic acids is 1. The van der Waals surface area contributed by atoms with E-state index in [9.17, 15) is 13.2 Å². The molecule has 5 rings (SSSR count). The van der Waals surface area contributed by atoms with Crippen molar-refractivity contribution in [3.05, 3.63) is 64.5 Å². The van der Waals surface area contributed by atoms with Crippen molar-refractivity contribution in [2.24, 2.45) is 0 Å². The Morgan fingerprint density at radius 3 is 2.77 bits per heavy atom. The van der Waals surface area contributed by atoms with Gasteiger partial charge in [-0.3, -0.25) is 4.79 Å². The minimum absolute atomic E-state index is 0.0454. The molecule has 1 aromatic heterocycles. The number of ether oxygens (including phenoxy) is 3. The first-order valence-electron chi connectivity index (χ1n) is 13.1. The van der Waals surface area contributed by atoms with Crippen molar-refractivity contribution in [1.82, 2.24) is 9.97 Å². The lowest BCUT2D eigenvalue weighted by atomic mass is 9.96. The number of aryl methyl sites for hydroxylation is 3. The molecule has 206 valence electrons. The summed E-state index contributed by atoms with van der Waals surface area (Å²) in [7, 11) is -3.03. The average molecular weight is 553 g/mol. The molecule has 9 nitrogen and oxygen atoms in total. The lowest BCUT2D eigenvalue weighted by Gasteiger charge is -2.15. The maximum Gasteiger partial charge on any atom is 0.316 e. The van der Waals surface area contributed by atoms with Gasteiger partial charge in [-0.2, -0.15) is 9.97 Å². The highest BCUT2D eigenvalue weighted by molar-refractivity contribution is 7.90. The van der Waals surface area contributed by atoms with Crippen molar-refractivity contribution < 1.29 is 32.5 Å². The van der Waals surface area contributed by atoms with Gasteiger partial charge in [0.15, 0.2) is 0 Å².